The highest BCUT2D eigenvalue weighted by Crippen LogP contribution is 2.13. The Morgan fingerprint density at radius 2 is 1.47 bits per heavy atom. The largest absolute Gasteiger partial charge is 0.529 e. The average molecular weight is 305 g/mol. The first-order chi connectivity index (χ1) is 9.24. The van der Waals surface area contributed by atoms with E-state index in [4.69, 9.17) is 8.85 Å². The molecule has 0 spiro atoms. The summed E-state index contributed by atoms with van der Waals surface area (Å²) in [6.45, 7) is 2.26. The van der Waals surface area contributed by atoms with Crippen LogP contribution in [0, 0.1) is 0 Å². The molecule has 0 aliphatic heterocycles. The molecule has 0 heterocycles. The molecule has 19 heavy (non-hydrogen) atoms. The lowest BCUT2D eigenvalue weighted by molar-refractivity contribution is -0.135. The Morgan fingerprint density at radius 3 is 1.95 bits per heavy atom. The summed E-state index contributed by atoms with van der Waals surface area (Å²) in [5, 5.41) is 0. The van der Waals surface area contributed by atoms with Crippen molar-refractivity contribution in [1.82, 2.24) is 0 Å². The van der Waals surface area contributed by atoms with Crippen molar-refractivity contribution < 1.29 is 13.6 Å². The van der Waals surface area contributed by atoms with Gasteiger partial charge in [0.1, 0.15) is 10.5 Å². The molecule has 1 atom stereocenters. The smallest absolute Gasteiger partial charge is 0.294 e. The third kappa shape index (κ3) is 12.6. The predicted molar refractivity (Wildman–Crippen MR) is 87.3 cm³/mol. The Balaban J connectivity index is 3.33. The maximum absolute atomic E-state index is 11.2. The van der Waals surface area contributed by atoms with Gasteiger partial charge in [0.05, 0.1) is 12.5 Å². The molecule has 5 heteroatoms. The SMILES string of the molecule is CCCCCCCCCCCC(CC(=O)O[SiH3])O[SiH3]. The number of hydrogen-bond donors (Lipinski definition) is 0. The topological polar surface area (TPSA) is 35.5 Å². The quantitative estimate of drug-likeness (QED) is 0.384. The zero-order chi connectivity index (χ0) is 14.3. The van der Waals surface area contributed by atoms with Gasteiger partial charge in [-0.15, -0.1) is 0 Å². The van der Waals surface area contributed by atoms with E-state index in [1.165, 1.54) is 57.8 Å². The van der Waals surface area contributed by atoms with Gasteiger partial charge in [-0.3, -0.25) is 4.79 Å². The number of unbranched alkanes of at least 4 members (excludes halogenated alkanes) is 8. The molecule has 0 aromatic heterocycles. The third-order valence-electron chi connectivity index (χ3n) is 3.58. The zero-order valence-corrected chi connectivity index (χ0v) is 17.1. The van der Waals surface area contributed by atoms with Crippen LogP contribution < -0.4 is 0 Å². The van der Waals surface area contributed by atoms with E-state index in [-0.39, 0.29) is 12.1 Å². The van der Waals surface area contributed by atoms with Crippen molar-refractivity contribution in [1.29, 1.82) is 0 Å². The van der Waals surface area contributed by atoms with Crippen LogP contribution in [0.1, 0.15) is 77.6 Å². The fraction of sp³-hybridized carbons (Fsp3) is 0.929. The molecule has 0 saturated heterocycles. The van der Waals surface area contributed by atoms with Crippen molar-refractivity contribution in [3.63, 3.8) is 0 Å². The van der Waals surface area contributed by atoms with E-state index >= 15 is 0 Å². The predicted octanol–water partition coefficient (Wildman–Crippen LogP) is 1.79. The van der Waals surface area contributed by atoms with Crippen molar-refractivity contribution in [2.75, 3.05) is 0 Å². The molecule has 0 aromatic rings. The maximum Gasteiger partial charge on any atom is 0.294 e. The van der Waals surface area contributed by atoms with Crippen molar-refractivity contribution in [3.05, 3.63) is 0 Å². The molecular formula is C14H32O3Si2. The molecule has 0 aromatic carbocycles. The molecule has 1 unspecified atom stereocenters. The maximum atomic E-state index is 11.2. The molecule has 0 radical (unpaired) electrons. The van der Waals surface area contributed by atoms with Crippen molar-refractivity contribution in [2.45, 2.75) is 83.7 Å². The van der Waals surface area contributed by atoms with Crippen molar-refractivity contribution in [3.8, 4) is 0 Å². The van der Waals surface area contributed by atoms with E-state index in [1.807, 2.05) is 0 Å². The van der Waals surface area contributed by atoms with Gasteiger partial charge < -0.3 is 8.85 Å². The van der Waals surface area contributed by atoms with Crippen LogP contribution >= 0.6 is 0 Å². The fourth-order valence-corrected chi connectivity index (χ4v) is 2.82. The van der Waals surface area contributed by atoms with Crippen LogP contribution in [-0.2, 0) is 13.6 Å². The standard InChI is InChI=1S/C14H32O3Si2/c1-2-3-4-5-6-7-8-9-10-11-13(16-18)12-14(15)17-19/h13H,2-12H2,1,18-19H3. The van der Waals surface area contributed by atoms with Crippen LogP contribution in [0.3, 0.4) is 0 Å². The number of hydrogen-bond acceptors (Lipinski definition) is 3. The monoisotopic (exact) mass is 304 g/mol. The third-order valence-corrected chi connectivity index (χ3v) is 4.71. The molecular weight excluding hydrogens is 272 g/mol. The van der Waals surface area contributed by atoms with Crippen molar-refractivity contribution in [2.24, 2.45) is 0 Å². The second-order valence-corrected chi connectivity index (χ2v) is 6.13. The van der Waals surface area contributed by atoms with Gasteiger partial charge in [0.15, 0.2) is 0 Å². The van der Waals surface area contributed by atoms with E-state index in [9.17, 15) is 4.79 Å². The van der Waals surface area contributed by atoms with Crippen LogP contribution in [0.25, 0.3) is 0 Å². The molecule has 3 nitrogen and oxygen atoms in total. The Morgan fingerprint density at radius 1 is 0.947 bits per heavy atom. The van der Waals surface area contributed by atoms with Crippen LogP contribution in [0.15, 0.2) is 0 Å². The van der Waals surface area contributed by atoms with Gasteiger partial charge in [-0.1, -0.05) is 64.7 Å². The van der Waals surface area contributed by atoms with E-state index < -0.39 is 0 Å². The lowest BCUT2D eigenvalue weighted by Gasteiger charge is -2.14. The highest BCUT2D eigenvalue weighted by molar-refractivity contribution is 6.05. The summed E-state index contributed by atoms with van der Waals surface area (Å²) in [6, 6.07) is 0. The normalized spacial score (nSPS) is 12.7. The van der Waals surface area contributed by atoms with Crippen LogP contribution in [0.5, 0.6) is 0 Å². The lowest BCUT2D eigenvalue weighted by Crippen LogP contribution is -2.17. The van der Waals surface area contributed by atoms with Gasteiger partial charge in [0.2, 0.25) is 10.5 Å². The van der Waals surface area contributed by atoms with Gasteiger partial charge >= 0.3 is 0 Å². The minimum Gasteiger partial charge on any atom is -0.529 e. The second kappa shape index (κ2) is 14.3. The summed E-state index contributed by atoms with van der Waals surface area (Å²) in [4.78, 5) is 11.2. The van der Waals surface area contributed by atoms with Crippen molar-refractivity contribution >= 4 is 26.9 Å². The van der Waals surface area contributed by atoms with Gasteiger partial charge in [-0.05, 0) is 6.42 Å². The average Bonchev–Trinajstić information content (AvgIpc) is 2.43. The number of carbonyl (C=O) groups is 1. The molecule has 0 aliphatic carbocycles. The minimum absolute atomic E-state index is 0.0940. The molecule has 0 rings (SSSR count). The first kappa shape index (κ1) is 18.9. The molecule has 0 aliphatic rings. The molecule has 0 fully saturated rings. The first-order valence-electron chi connectivity index (χ1n) is 7.84. The number of carbonyl (C=O) groups excluding carboxylic acids is 1. The summed E-state index contributed by atoms with van der Waals surface area (Å²) in [5.41, 5.74) is 0. The van der Waals surface area contributed by atoms with Gasteiger partial charge in [0.25, 0.3) is 5.97 Å². The van der Waals surface area contributed by atoms with Crippen LogP contribution in [0.4, 0.5) is 0 Å². The lowest BCUT2D eigenvalue weighted by atomic mass is 10.0. The highest BCUT2D eigenvalue weighted by atomic mass is 28.2. The molecule has 114 valence electrons. The first-order valence-corrected chi connectivity index (χ1v) is 9.47. The summed E-state index contributed by atoms with van der Waals surface area (Å²) >= 11 is 0. The summed E-state index contributed by atoms with van der Waals surface area (Å²) < 4.78 is 10.3. The summed E-state index contributed by atoms with van der Waals surface area (Å²) in [7, 11) is 1.20. The van der Waals surface area contributed by atoms with E-state index in [1.54, 1.807) is 0 Å². The van der Waals surface area contributed by atoms with Gasteiger partial charge in [0, 0.05) is 0 Å². The Kier molecular flexibility index (Phi) is 14.2. The summed E-state index contributed by atoms with van der Waals surface area (Å²) in [6.07, 6.45) is 13.6. The highest BCUT2D eigenvalue weighted by Gasteiger charge is 2.11. The Labute approximate surface area is 124 Å². The van der Waals surface area contributed by atoms with Gasteiger partial charge in [-0.2, -0.15) is 0 Å². The van der Waals surface area contributed by atoms with Crippen LogP contribution in [0.2, 0.25) is 0 Å². The molecule has 0 amide bonds. The molecule has 0 bridgehead atoms. The fourth-order valence-electron chi connectivity index (χ4n) is 2.26. The summed E-state index contributed by atoms with van der Waals surface area (Å²) in [5.74, 6) is -0.0940. The van der Waals surface area contributed by atoms with E-state index in [0.717, 1.165) is 6.42 Å². The molecule has 0 saturated carbocycles. The molecule has 0 N–H and O–H groups in total. The zero-order valence-electron chi connectivity index (χ0n) is 13.1. The second-order valence-electron chi connectivity index (χ2n) is 5.26. The van der Waals surface area contributed by atoms with Crippen LogP contribution in [-0.4, -0.2) is 33.0 Å². The van der Waals surface area contributed by atoms with E-state index in [2.05, 4.69) is 6.92 Å². The van der Waals surface area contributed by atoms with E-state index in [0.29, 0.717) is 27.4 Å². The number of rotatable bonds is 13. The Bertz CT molecular complexity index is 213. The Hall–Kier alpha value is -0.136. The van der Waals surface area contributed by atoms with Gasteiger partial charge in [-0.25, -0.2) is 0 Å². The minimum atomic E-state index is -0.0940.